The number of halogens is 2. The van der Waals surface area contributed by atoms with Gasteiger partial charge >= 0.3 is 0 Å². The number of hydrogen-bond acceptors (Lipinski definition) is 1. The fourth-order valence-corrected chi connectivity index (χ4v) is 2.31. The second-order valence-electron chi connectivity index (χ2n) is 4.56. The summed E-state index contributed by atoms with van der Waals surface area (Å²) in [5, 5.41) is 0.205. The molecule has 0 amide bonds. The third-order valence-electron chi connectivity index (χ3n) is 3.00. The second kappa shape index (κ2) is 4.72. The molecular formula is C13H16ClFO. The number of hydrogen-bond donors (Lipinski definition) is 0. The monoisotopic (exact) mass is 242 g/mol. The predicted octanol–water partition coefficient (Wildman–Crippen LogP) is 4.45. The normalized spacial score (nSPS) is 20.7. The van der Waals surface area contributed by atoms with Gasteiger partial charge in [-0.05, 0) is 42.0 Å². The van der Waals surface area contributed by atoms with Crippen LogP contribution in [0.25, 0.3) is 0 Å². The average molecular weight is 243 g/mol. The first-order chi connectivity index (χ1) is 7.59. The summed E-state index contributed by atoms with van der Waals surface area (Å²) >= 11 is 5.91. The van der Waals surface area contributed by atoms with Gasteiger partial charge in [0, 0.05) is 6.61 Å². The summed E-state index contributed by atoms with van der Waals surface area (Å²) in [6, 6.07) is 3.58. The Bertz CT molecular complexity index is 384. The fourth-order valence-electron chi connectivity index (χ4n) is 2.08. The minimum Gasteiger partial charge on any atom is -0.374 e. The molecule has 0 aromatic heterocycles. The quantitative estimate of drug-likeness (QED) is 0.744. The Labute approximate surface area is 101 Å². The zero-order chi connectivity index (χ0) is 11.7. The van der Waals surface area contributed by atoms with Crippen molar-refractivity contribution in [2.45, 2.75) is 38.7 Å². The Balaban J connectivity index is 2.39. The van der Waals surface area contributed by atoms with Crippen LogP contribution in [0.2, 0.25) is 5.02 Å². The van der Waals surface area contributed by atoms with Gasteiger partial charge in [0.25, 0.3) is 0 Å². The molecule has 1 aliphatic rings. The standard InChI is InChI=1S/C13H16ClFO/c1-8(2)10-6-9(7-11(14)13(10)15)12-4-3-5-16-12/h6-8,12H,3-5H2,1-2H3. The summed E-state index contributed by atoms with van der Waals surface area (Å²) in [7, 11) is 0. The smallest absolute Gasteiger partial charge is 0.145 e. The number of ether oxygens (including phenoxy) is 1. The molecule has 0 bridgehead atoms. The maximum Gasteiger partial charge on any atom is 0.145 e. The van der Waals surface area contributed by atoms with E-state index in [1.807, 2.05) is 19.9 Å². The molecule has 2 rings (SSSR count). The molecular weight excluding hydrogens is 227 g/mol. The van der Waals surface area contributed by atoms with Crippen molar-refractivity contribution in [3.63, 3.8) is 0 Å². The van der Waals surface area contributed by atoms with E-state index in [0.717, 1.165) is 25.0 Å². The molecule has 1 unspecified atom stereocenters. The lowest BCUT2D eigenvalue weighted by molar-refractivity contribution is 0.112. The molecule has 1 heterocycles. The van der Waals surface area contributed by atoms with Crippen molar-refractivity contribution < 1.29 is 9.13 Å². The summed E-state index contributed by atoms with van der Waals surface area (Å²) in [6.07, 6.45) is 2.16. The van der Waals surface area contributed by atoms with Gasteiger partial charge in [0.15, 0.2) is 0 Å². The number of benzene rings is 1. The predicted molar refractivity (Wildman–Crippen MR) is 63.4 cm³/mol. The number of rotatable bonds is 2. The Morgan fingerprint density at radius 3 is 2.75 bits per heavy atom. The van der Waals surface area contributed by atoms with Crippen molar-refractivity contribution in [1.82, 2.24) is 0 Å². The van der Waals surface area contributed by atoms with Crippen LogP contribution in [-0.4, -0.2) is 6.61 Å². The molecule has 1 fully saturated rings. The lowest BCUT2D eigenvalue weighted by Crippen LogP contribution is -2.01. The Kier molecular flexibility index (Phi) is 3.50. The summed E-state index contributed by atoms with van der Waals surface area (Å²) in [5.74, 6) is -0.155. The van der Waals surface area contributed by atoms with Crippen molar-refractivity contribution in [2.24, 2.45) is 0 Å². The van der Waals surface area contributed by atoms with Gasteiger partial charge in [-0.1, -0.05) is 25.4 Å². The van der Waals surface area contributed by atoms with E-state index in [9.17, 15) is 4.39 Å². The van der Waals surface area contributed by atoms with E-state index >= 15 is 0 Å². The van der Waals surface area contributed by atoms with Gasteiger partial charge in [0.2, 0.25) is 0 Å². The first-order valence-electron chi connectivity index (χ1n) is 5.70. The Morgan fingerprint density at radius 2 is 2.19 bits per heavy atom. The van der Waals surface area contributed by atoms with E-state index in [0.29, 0.717) is 5.56 Å². The summed E-state index contributed by atoms with van der Waals surface area (Å²) < 4.78 is 19.3. The van der Waals surface area contributed by atoms with E-state index in [2.05, 4.69) is 0 Å². The largest absolute Gasteiger partial charge is 0.374 e. The molecule has 16 heavy (non-hydrogen) atoms. The molecule has 1 aromatic carbocycles. The minimum absolute atomic E-state index is 0.0931. The molecule has 0 aliphatic carbocycles. The van der Waals surface area contributed by atoms with Crippen molar-refractivity contribution in [3.05, 3.63) is 34.1 Å². The van der Waals surface area contributed by atoms with E-state index in [4.69, 9.17) is 16.3 Å². The van der Waals surface area contributed by atoms with Gasteiger partial charge in [-0.15, -0.1) is 0 Å². The van der Waals surface area contributed by atoms with Gasteiger partial charge in [-0.2, -0.15) is 0 Å². The van der Waals surface area contributed by atoms with Crippen LogP contribution in [-0.2, 0) is 4.74 Å². The average Bonchev–Trinajstić information content (AvgIpc) is 2.74. The molecule has 0 spiro atoms. The van der Waals surface area contributed by atoms with Gasteiger partial charge in [-0.3, -0.25) is 0 Å². The van der Waals surface area contributed by atoms with Gasteiger partial charge < -0.3 is 4.74 Å². The molecule has 1 atom stereocenters. The molecule has 1 aromatic rings. The third-order valence-corrected chi connectivity index (χ3v) is 3.28. The van der Waals surface area contributed by atoms with Crippen LogP contribution in [0.5, 0.6) is 0 Å². The van der Waals surface area contributed by atoms with Crippen LogP contribution in [0.4, 0.5) is 4.39 Å². The molecule has 0 saturated carbocycles. The lowest BCUT2D eigenvalue weighted by Gasteiger charge is -2.15. The van der Waals surface area contributed by atoms with Gasteiger partial charge in [0.1, 0.15) is 5.82 Å². The zero-order valence-corrected chi connectivity index (χ0v) is 10.4. The summed E-state index contributed by atoms with van der Waals surface area (Å²) in [4.78, 5) is 0. The first-order valence-corrected chi connectivity index (χ1v) is 6.08. The topological polar surface area (TPSA) is 9.23 Å². The maximum absolute atomic E-state index is 13.7. The minimum atomic E-state index is -0.293. The van der Waals surface area contributed by atoms with Crippen LogP contribution < -0.4 is 0 Å². The van der Waals surface area contributed by atoms with Crippen molar-refractivity contribution in [3.8, 4) is 0 Å². The highest BCUT2D eigenvalue weighted by Crippen LogP contribution is 2.34. The summed E-state index contributed by atoms with van der Waals surface area (Å²) in [5.41, 5.74) is 1.69. The maximum atomic E-state index is 13.7. The molecule has 3 heteroatoms. The molecule has 1 aliphatic heterocycles. The second-order valence-corrected chi connectivity index (χ2v) is 4.97. The molecule has 0 N–H and O–H groups in total. The van der Waals surface area contributed by atoms with Gasteiger partial charge in [0.05, 0.1) is 11.1 Å². The molecule has 88 valence electrons. The SMILES string of the molecule is CC(C)c1cc(C2CCCO2)cc(Cl)c1F. The first kappa shape index (κ1) is 11.9. The van der Waals surface area contributed by atoms with Crippen LogP contribution in [0.3, 0.4) is 0 Å². The molecule has 0 radical (unpaired) electrons. The van der Waals surface area contributed by atoms with Crippen molar-refractivity contribution in [1.29, 1.82) is 0 Å². The van der Waals surface area contributed by atoms with Crippen molar-refractivity contribution in [2.75, 3.05) is 6.61 Å². The Morgan fingerprint density at radius 1 is 1.44 bits per heavy atom. The van der Waals surface area contributed by atoms with E-state index in [-0.39, 0.29) is 22.9 Å². The van der Waals surface area contributed by atoms with E-state index in [1.165, 1.54) is 0 Å². The highest BCUT2D eigenvalue weighted by Gasteiger charge is 2.21. The van der Waals surface area contributed by atoms with Gasteiger partial charge in [-0.25, -0.2) is 4.39 Å². The highest BCUT2D eigenvalue weighted by molar-refractivity contribution is 6.30. The molecule has 1 saturated heterocycles. The fraction of sp³-hybridized carbons (Fsp3) is 0.538. The zero-order valence-electron chi connectivity index (χ0n) is 9.59. The summed E-state index contributed by atoms with van der Waals surface area (Å²) in [6.45, 7) is 4.72. The van der Waals surface area contributed by atoms with Crippen LogP contribution in [0, 0.1) is 5.82 Å². The van der Waals surface area contributed by atoms with Crippen LogP contribution >= 0.6 is 11.6 Å². The van der Waals surface area contributed by atoms with E-state index in [1.54, 1.807) is 6.07 Å². The molecule has 1 nitrogen and oxygen atoms in total. The Hall–Kier alpha value is -0.600. The van der Waals surface area contributed by atoms with E-state index < -0.39 is 0 Å². The third kappa shape index (κ3) is 2.23. The van der Waals surface area contributed by atoms with Crippen LogP contribution in [0.1, 0.15) is 49.8 Å². The van der Waals surface area contributed by atoms with Crippen molar-refractivity contribution >= 4 is 11.6 Å². The lowest BCUT2D eigenvalue weighted by atomic mass is 9.97. The van der Waals surface area contributed by atoms with Crippen LogP contribution in [0.15, 0.2) is 12.1 Å². The highest BCUT2D eigenvalue weighted by atomic mass is 35.5.